The van der Waals surface area contributed by atoms with Gasteiger partial charge in [-0.3, -0.25) is 14.9 Å². The second-order valence-corrected chi connectivity index (χ2v) is 6.67. The van der Waals surface area contributed by atoms with E-state index in [4.69, 9.17) is 0 Å². The fraction of sp³-hybridized carbons (Fsp3) is 0.333. The number of carbonyl (C=O) groups excluding carboxylic acids is 2. The minimum atomic E-state index is -0.117. The summed E-state index contributed by atoms with van der Waals surface area (Å²) in [6.07, 6.45) is 0. The SMILES string of the molecule is Cc1ccc([C@H](NCC(=O)N(C)CC(=O)N(C)C)c2ccccc2)cc1. The molecule has 0 unspecified atom stereocenters. The minimum absolute atomic E-state index is 0.0774. The van der Waals surface area contributed by atoms with Crippen LogP contribution < -0.4 is 5.32 Å². The lowest BCUT2D eigenvalue weighted by Gasteiger charge is -2.23. The zero-order valence-corrected chi connectivity index (χ0v) is 15.9. The van der Waals surface area contributed by atoms with Crippen LogP contribution in [0.25, 0.3) is 0 Å². The zero-order valence-electron chi connectivity index (χ0n) is 15.9. The number of rotatable bonds is 7. The number of aryl methyl sites for hydroxylation is 1. The molecule has 5 heteroatoms. The van der Waals surface area contributed by atoms with Crippen molar-refractivity contribution in [1.82, 2.24) is 15.1 Å². The first-order chi connectivity index (χ1) is 12.4. The standard InChI is InChI=1S/C21H27N3O2/c1-16-10-12-18(13-11-16)21(17-8-6-5-7-9-17)22-14-19(25)24(4)15-20(26)23(2)3/h5-13,21-22H,14-15H2,1-4H3/t21-/m1/s1. The van der Waals surface area contributed by atoms with Crippen molar-refractivity contribution in [2.45, 2.75) is 13.0 Å². The van der Waals surface area contributed by atoms with Crippen LogP contribution in [0.4, 0.5) is 0 Å². The molecule has 0 fully saturated rings. The van der Waals surface area contributed by atoms with Gasteiger partial charge in [0.15, 0.2) is 0 Å². The smallest absolute Gasteiger partial charge is 0.241 e. The number of hydrogen-bond acceptors (Lipinski definition) is 3. The third-order valence-corrected chi connectivity index (χ3v) is 4.30. The molecule has 2 amide bonds. The first-order valence-corrected chi connectivity index (χ1v) is 8.67. The normalized spacial score (nSPS) is 11.7. The second-order valence-electron chi connectivity index (χ2n) is 6.67. The van der Waals surface area contributed by atoms with E-state index in [0.717, 1.165) is 11.1 Å². The van der Waals surface area contributed by atoms with Gasteiger partial charge in [-0.05, 0) is 18.1 Å². The third-order valence-electron chi connectivity index (χ3n) is 4.30. The Bertz CT molecular complexity index is 727. The third kappa shape index (κ3) is 5.43. The summed E-state index contributed by atoms with van der Waals surface area (Å²) in [4.78, 5) is 27.1. The highest BCUT2D eigenvalue weighted by Gasteiger charge is 2.18. The summed E-state index contributed by atoms with van der Waals surface area (Å²) in [5, 5.41) is 3.34. The molecule has 1 atom stereocenters. The predicted octanol–water partition coefficient (Wildman–Crippen LogP) is 2.22. The summed E-state index contributed by atoms with van der Waals surface area (Å²) >= 11 is 0. The summed E-state index contributed by atoms with van der Waals surface area (Å²) in [7, 11) is 5.01. The van der Waals surface area contributed by atoms with Gasteiger partial charge in [0.25, 0.3) is 0 Å². The number of hydrogen-bond donors (Lipinski definition) is 1. The van der Waals surface area contributed by atoms with Crippen LogP contribution in [-0.4, -0.2) is 55.8 Å². The first kappa shape index (κ1) is 19.7. The van der Waals surface area contributed by atoms with Gasteiger partial charge in [0.1, 0.15) is 0 Å². The summed E-state index contributed by atoms with van der Waals surface area (Å²) in [6, 6.07) is 18.2. The lowest BCUT2D eigenvalue weighted by atomic mass is 9.98. The Balaban J connectivity index is 2.09. The maximum Gasteiger partial charge on any atom is 0.241 e. The molecule has 1 N–H and O–H groups in total. The molecule has 2 rings (SSSR count). The van der Waals surface area contributed by atoms with Gasteiger partial charge in [0.05, 0.1) is 19.1 Å². The molecule has 2 aromatic carbocycles. The van der Waals surface area contributed by atoms with E-state index in [2.05, 4.69) is 36.5 Å². The first-order valence-electron chi connectivity index (χ1n) is 8.67. The largest absolute Gasteiger partial charge is 0.347 e. The summed E-state index contributed by atoms with van der Waals surface area (Å²) in [5.74, 6) is -0.216. The Morgan fingerprint density at radius 1 is 0.885 bits per heavy atom. The van der Waals surface area contributed by atoms with Crippen LogP contribution in [-0.2, 0) is 9.59 Å². The van der Waals surface area contributed by atoms with E-state index in [1.54, 1.807) is 21.1 Å². The Hall–Kier alpha value is -2.66. The predicted molar refractivity (Wildman–Crippen MR) is 104 cm³/mol. The van der Waals surface area contributed by atoms with Crippen molar-refractivity contribution in [3.05, 3.63) is 71.3 Å². The van der Waals surface area contributed by atoms with E-state index in [9.17, 15) is 9.59 Å². The topological polar surface area (TPSA) is 52.7 Å². The highest BCUT2D eigenvalue weighted by atomic mass is 16.2. The van der Waals surface area contributed by atoms with Crippen molar-refractivity contribution in [3.63, 3.8) is 0 Å². The van der Waals surface area contributed by atoms with E-state index in [1.165, 1.54) is 15.4 Å². The molecule has 0 saturated heterocycles. The van der Waals surface area contributed by atoms with Gasteiger partial charge in [-0.15, -0.1) is 0 Å². The Kier molecular flexibility index (Phi) is 6.92. The molecule has 138 valence electrons. The quantitative estimate of drug-likeness (QED) is 0.830. The Morgan fingerprint density at radius 2 is 1.46 bits per heavy atom. The highest BCUT2D eigenvalue weighted by molar-refractivity contribution is 5.85. The van der Waals surface area contributed by atoms with Gasteiger partial charge in [0.2, 0.25) is 11.8 Å². The minimum Gasteiger partial charge on any atom is -0.347 e. The van der Waals surface area contributed by atoms with Crippen molar-refractivity contribution >= 4 is 11.8 Å². The molecule has 0 aliphatic carbocycles. The molecule has 0 bridgehead atoms. The zero-order chi connectivity index (χ0) is 19.1. The van der Waals surface area contributed by atoms with Crippen molar-refractivity contribution in [3.8, 4) is 0 Å². The fourth-order valence-corrected chi connectivity index (χ4v) is 2.59. The average molecular weight is 353 g/mol. The van der Waals surface area contributed by atoms with E-state index >= 15 is 0 Å². The molecule has 5 nitrogen and oxygen atoms in total. The van der Waals surface area contributed by atoms with Crippen LogP contribution in [0.1, 0.15) is 22.7 Å². The summed E-state index contributed by atoms with van der Waals surface area (Å²) in [5.41, 5.74) is 3.39. The van der Waals surface area contributed by atoms with Gasteiger partial charge in [0, 0.05) is 21.1 Å². The van der Waals surface area contributed by atoms with Gasteiger partial charge in [-0.25, -0.2) is 0 Å². The highest BCUT2D eigenvalue weighted by Crippen LogP contribution is 2.22. The lowest BCUT2D eigenvalue weighted by molar-refractivity contribution is -0.137. The van der Waals surface area contributed by atoms with Crippen molar-refractivity contribution < 1.29 is 9.59 Å². The number of nitrogens with zero attached hydrogens (tertiary/aromatic N) is 2. The summed E-state index contributed by atoms with van der Waals surface area (Å²) in [6.45, 7) is 2.29. The number of amides is 2. The van der Waals surface area contributed by atoms with Crippen LogP contribution in [0.3, 0.4) is 0 Å². The van der Waals surface area contributed by atoms with E-state index in [1.807, 2.05) is 30.3 Å². The number of benzene rings is 2. The van der Waals surface area contributed by atoms with Crippen molar-refractivity contribution in [1.29, 1.82) is 0 Å². The van der Waals surface area contributed by atoms with Crippen LogP contribution in [0.5, 0.6) is 0 Å². The van der Waals surface area contributed by atoms with Crippen LogP contribution >= 0.6 is 0 Å². The molecule has 0 aromatic heterocycles. The monoisotopic (exact) mass is 353 g/mol. The van der Waals surface area contributed by atoms with Gasteiger partial charge in [-0.1, -0.05) is 60.2 Å². The van der Waals surface area contributed by atoms with E-state index in [-0.39, 0.29) is 30.9 Å². The van der Waals surface area contributed by atoms with Crippen LogP contribution in [0.15, 0.2) is 54.6 Å². The number of carbonyl (C=O) groups is 2. The number of likely N-dealkylation sites (N-methyl/N-ethyl adjacent to an activating group) is 2. The van der Waals surface area contributed by atoms with Gasteiger partial charge >= 0.3 is 0 Å². The van der Waals surface area contributed by atoms with Crippen molar-refractivity contribution in [2.75, 3.05) is 34.2 Å². The van der Waals surface area contributed by atoms with Crippen molar-refractivity contribution in [2.24, 2.45) is 0 Å². The molecular formula is C21H27N3O2. The molecule has 2 aromatic rings. The molecule has 0 saturated carbocycles. The molecule has 0 radical (unpaired) electrons. The molecule has 26 heavy (non-hydrogen) atoms. The molecule has 0 heterocycles. The van der Waals surface area contributed by atoms with Crippen LogP contribution in [0, 0.1) is 6.92 Å². The fourth-order valence-electron chi connectivity index (χ4n) is 2.59. The maximum absolute atomic E-state index is 12.4. The maximum atomic E-state index is 12.4. The molecule has 0 spiro atoms. The molecule has 0 aliphatic heterocycles. The van der Waals surface area contributed by atoms with Gasteiger partial charge in [-0.2, -0.15) is 0 Å². The number of nitrogens with one attached hydrogen (secondary N) is 1. The second kappa shape index (κ2) is 9.15. The average Bonchev–Trinajstić information content (AvgIpc) is 2.63. The Labute approximate surface area is 155 Å². The van der Waals surface area contributed by atoms with E-state index in [0.29, 0.717) is 0 Å². The van der Waals surface area contributed by atoms with Gasteiger partial charge < -0.3 is 9.80 Å². The molecular weight excluding hydrogens is 326 g/mol. The Morgan fingerprint density at radius 3 is 2.04 bits per heavy atom. The lowest BCUT2D eigenvalue weighted by Crippen LogP contribution is -2.42. The van der Waals surface area contributed by atoms with Crippen LogP contribution in [0.2, 0.25) is 0 Å². The van der Waals surface area contributed by atoms with E-state index < -0.39 is 0 Å². The molecule has 0 aliphatic rings. The summed E-state index contributed by atoms with van der Waals surface area (Å²) < 4.78 is 0.